The van der Waals surface area contributed by atoms with Gasteiger partial charge in [0.05, 0.1) is 32.8 Å². The SMILES string of the molecule is CCCCN(CC(=O)N1c2ccccc2-n2cccc2C1c1ccc(C)cc1)C(=O)Nc1c(Cl)cccc1Cl. The van der Waals surface area contributed by atoms with Crippen LogP contribution in [-0.4, -0.2) is 34.5 Å². The van der Waals surface area contributed by atoms with E-state index < -0.39 is 6.03 Å². The highest BCUT2D eigenvalue weighted by atomic mass is 35.5. The number of nitrogens with zero attached hydrogens (tertiary/aromatic N) is 3. The number of anilines is 2. The Bertz CT molecular complexity index is 1480. The predicted molar refractivity (Wildman–Crippen MR) is 158 cm³/mol. The van der Waals surface area contributed by atoms with E-state index in [1.807, 2.05) is 61.3 Å². The molecule has 4 aromatic rings. The van der Waals surface area contributed by atoms with Gasteiger partial charge in [-0.1, -0.05) is 84.6 Å². The van der Waals surface area contributed by atoms with Crippen LogP contribution in [-0.2, 0) is 4.79 Å². The molecule has 0 radical (unpaired) electrons. The Kier molecular flexibility index (Phi) is 7.96. The highest BCUT2D eigenvalue weighted by Crippen LogP contribution is 2.42. The third-order valence-corrected chi connectivity index (χ3v) is 7.60. The number of unbranched alkanes of at least 4 members (excludes halogenated alkanes) is 1. The maximum Gasteiger partial charge on any atom is 0.322 e. The molecule has 200 valence electrons. The third kappa shape index (κ3) is 5.40. The average Bonchev–Trinajstić information content (AvgIpc) is 3.43. The van der Waals surface area contributed by atoms with Crippen molar-refractivity contribution in [2.24, 2.45) is 0 Å². The van der Waals surface area contributed by atoms with Crippen LogP contribution in [0.3, 0.4) is 0 Å². The zero-order valence-corrected chi connectivity index (χ0v) is 23.4. The summed E-state index contributed by atoms with van der Waals surface area (Å²) in [5.74, 6) is -0.183. The first kappa shape index (κ1) is 26.9. The van der Waals surface area contributed by atoms with Crippen molar-refractivity contribution in [1.82, 2.24) is 9.47 Å². The zero-order chi connectivity index (χ0) is 27.5. The van der Waals surface area contributed by atoms with E-state index >= 15 is 0 Å². The smallest absolute Gasteiger partial charge is 0.316 e. The Morgan fingerprint density at radius 3 is 2.28 bits per heavy atom. The number of para-hydroxylation sites is 3. The zero-order valence-electron chi connectivity index (χ0n) is 21.9. The lowest BCUT2D eigenvalue weighted by Gasteiger charge is -2.39. The van der Waals surface area contributed by atoms with Crippen LogP contribution in [0, 0.1) is 6.92 Å². The quantitative estimate of drug-likeness (QED) is 0.250. The van der Waals surface area contributed by atoms with Crippen LogP contribution in [0.4, 0.5) is 16.2 Å². The number of hydrogen-bond donors (Lipinski definition) is 1. The van der Waals surface area contributed by atoms with Crippen LogP contribution in [0.15, 0.2) is 85.1 Å². The highest BCUT2D eigenvalue weighted by molar-refractivity contribution is 6.39. The van der Waals surface area contributed by atoms with Crippen molar-refractivity contribution in [2.45, 2.75) is 32.7 Å². The average molecular weight is 562 g/mol. The van der Waals surface area contributed by atoms with Crippen molar-refractivity contribution in [2.75, 3.05) is 23.3 Å². The summed E-state index contributed by atoms with van der Waals surface area (Å²) in [6.45, 7) is 4.40. The summed E-state index contributed by atoms with van der Waals surface area (Å²) < 4.78 is 2.13. The summed E-state index contributed by atoms with van der Waals surface area (Å²) in [4.78, 5) is 31.1. The molecule has 0 saturated carbocycles. The van der Waals surface area contributed by atoms with Gasteiger partial charge >= 0.3 is 6.03 Å². The Hall–Kier alpha value is -3.74. The van der Waals surface area contributed by atoms with Crippen molar-refractivity contribution in [3.63, 3.8) is 0 Å². The second-order valence-corrected chi connectivity index (χ2v) is 10.5. The molecule has 8 heteroatoms. The lowest BCUT2D eigenvalue weighted by molar-refractivity contribution is -0.119. The van der Waals surface area contributed by atoms with Crippen molar-refractivity contribution < 1.29 is 9.59 Å². The number of benzene rings is 3. The van der Waals surface area contributed by atoms with Crippen molar-refractivity contribution >= 4 is 46.5 Å². The van der Waals surface area contributed by atoms with Crippen LogP contribution in [0.1, 0.15) is 42.6 Å². The fourth-order valence-electron chi connectivity index (χ4n) is 4.97. The van der Waals surface area contributed by atoms with E-state index in [0.717, 1.165) is 41.0 Å². The van der Waals surface area contributed by atoms with E-state index in [1.165, 1.54) is 4.90 Å². The van der Waals surface area contributed by atoms with E-state index in [9.17, 15) is 9.59 Å². The number of nitrogens with one attached hydrogen (secondary N) is 1. The highest BCUT2D eigenvalue weighted by Gasteiger charge is 2.37. The summed E-state index contributed by atoms with van der Waals surface area (Å²) in [6.07, 6.45) is 3.64. The fraction of sp³-hybridized carbons (Fsp3) is 0.226. The molecular formula is C31H30Cl2N4O2. The Morgan fingerprint density at radius 2 is 1.59 bits per heavy atom. The van der Waals surface area contributed by atoms with Gasteiger partial charge in [-0.05, 0) is 55.3 Å². The summed E-state index contributed by atoms with van der Waals surface area (Å²) >= 11 is 12.6. The number of aromatic nitrogens is 1. The van der Waals surface area contributed by atoms with E-state index in [-0.39, 0.29) is 18.5 Å². The molecule has 0 aliphatic carbocycles. The van der Waals surface area contributed by atoms with Gasteiger partial charge in [-0.25, -0.2) is 4.79 Å². The number of aryl methyl sites for hydroxylation is 1. The molecule has 2 heterocycles. The number of rotatable bonds is 7. The van der Waals surface area contributed by atoms with Crippen LogP contribution < -0.4 is 10.2 Å². The van der Waals surface area contributed by atoms with E-state index in [2.05, 4.69) is 34.1 Å². The molecule has 39 heavy (non-hydrogen) atoms. The maximum absolute atomic E-state index is 14.3. The molecule has 5 rings (SSSR count). The lowest BCUT2D eigenvalue weighted by atomic mass is 9.97. The van der Waals surface area contributed by atoms with Crippen LogP contribution in [0.2, 0.25) is 10.0 Å². The second-order valence-electron chi connectivity index (χ2n) is 9.67. The maximum atomic E-state index is 14.3. The Labute approximate surface area is 238 Å². The van der Waals surface area contributed by atoms with Gasteiger partial charge < -0.3 is 14.8 Å². The van der Waals surface area contributed by atoms with Crippen molar-refractivity contribution in [1.29, 1.82) is 0 Å². The van der Waals surface area contributed by atoms with Gasteiger partial charge in [0.2, 0.25) is 5.91 Å². The van der Waals surface area contributed by atoms with Gasteiger partial charge in [0.25, 0.3) is 0 Å². The Balaban J connectivity index is 1.51. The molecule has 1 aliphatic rings. The number of carbonyl (C=O) groups is 2. The summed E-state index contributed by atoms with van der Waals surface area (Å²) in [5, 5.41) is 3.50. The molecule has 1 atom stereocenters. The normalized spacial score (nSPS) is 13.9. The van der Waals surface area contributed by atoms with Gasteiger partial charge in [-0.3, -0.25) is 9.69 Å². The first-order valence-electron chi connectivity index (χ1n) is 13.0. The van der Waals surface area contributed by atoms with Crippen LogP contribution >= 0.6 is 23.2 Å². The summed E-state index contributed by atoms with van der Waals surface area (Å²) in [5.41, 5.74) is 5.17. The van der Waals surface area contributed by atoms with Crippen molar-refractivity contribution in [3.05, 3.63) is 112 Å². The molecule has 1 aromatic heterocycles. The van der Waals surface area contributed by atoms with E-state index in [1.54, 1.807) is 18.2 Å². The number of carbonyl (C=O) groups excluding carboxylic acids is 2. The first-order chi connectivity index (χ1) is 18.9. The molecule has 0 spiro atoms. The molecule has 1 unspecified atom stereocenters. The number of fused-ring (bicyclic) bond motifs is 3. The Morgan fingerprint density at radius 1 is 0.897 bits per heavy atom. The monoisotopic (exact) mass is 560 g/mol. The molecule has 3 aromatic carbocycles. The number of halogens is 2. The number of hydrogen-bond acceptors (Lipinski definition) is 2. The van der Waals surface area contributed by atoms with Crippen LogP contribution in [0.5, 0.6) is 0 Å². The van der Waals surface area contributed by atoms with E-state index in [0.29, 0.717) is 22.3 Å². The van der Waals surface area contributed by atoms with Crippen LogP contribution in [0.25, 0.3) is 5.69 Å². The standard InChI is InChI=1S/C31H30Cl2N4O2/c1-3-4-18-35(31(39)34-29-23(32)9-7-10-24(29)33)20-28(38)37-26-12-6-5-11-25(26)36-19-8-13-27(36)30(37)22-16-14-21(2)15-17-22/h5-17,19,30H,3-4,18,20H2,1-2H3,(H,34,39). The summed E-state index contributed by atoms with van der Waals surface area (Å²) in [6, 6.07) is 24.4. The van der Waals surface area contributed by atoms with Gasteiger partial charge in [-0.15, -0.1) is 0 Å². The molecular weight excluding hydrogens is 531 g/mol. The lowest BCUT2D eigenvalue weighted by Crippen LogP contribution is -2.48. The minimum absolute atomic E-state index is 0.106. The van der Waals surface area contributed by atoms with Gasteiger partial charge in [0.15, 0.2) is 0 Å². The van der Waals surface area contributed by atoms with Gasteiger partial charge in [0.1, 0.15) is 12.6 Å². The molecule has 0 bridgehead atoms. The van der Waals surface area contributed by atoms with E-state index in [4.69, 9.17) is 23.2 Å². The van der Waals surface area contributed by atoms with Crippen molar-refractivity contribution in [3.8, 4) is 5.69 Å². The third-order valence-electron chi connectivity index (χ3n) is 6.97. The molecule has 6 nitrogen and oxygen atoms in total. The topological polar surface area (TPSA) is 57.6 Å². The largest absolute Gasteiger partial charge is 0.322 e. The second kappa shape index (κ2) is 11.6. The molecule has 1 N–H and O–H groups in total. The fourth-order valence-corrected chi connectivity index (χ4v) is 5.46. The summed E-state index contributed by atoms with van der Waals surface area (Å²) in [7, 11) is 0. The molecule has 0 saturated heterocycles. The number of urea groups is 1. The first-order valence-corrected chi connectivity index (χ1v) is 13.8. The molecule has 1 aliphatic heterocycles. The number of amides is 3. The predicted octanol–water partition coefficient (Wildman–Crippen LogP) is 7.86. The minimum Gasteiger partial charge on any atom is -0.316 e. The van der Waals surface area contributed by atoms with Gasteiger partial charge in [0, 0.05) is 12.7 Å². The molecule has 0 fully saturated rings. The minimum atomic E-state index is -0.424. The van der Waals surface area contributed by atoms with Gasteiger partial charge in [-0.2, -0.15) is 0 Å². The molecule has 3 amide bonds.